The standard InChI is InChI=1S/C26H22ClN3O6S/c1-3-19-22(27)13-17(14-23(19)37(33,34)35)29-30-24-20-10-5-4-7-15(20)11-21(25(24)31)26(32)28-16-8-6-9-18(12-16)36-2/h4-14,31H,3H2,1-2H3,(H,28,32)(H,33,34,35). The minimum atomic E-state index is -4.57. The lowest BCUT2D eigenvalue weighted by Gasteiger charge is -2.12. The van der Waals surface area contributed by atoms with E-state index in [1.165, 1.54) is 19.2 Å². The number of anilines is 1. The minimum absolute atomic E-state index is 0.00186. The molecule has 0 bridgehead atoms. The van der Waals surface area contributed by atoms with Gasteiger partial charge in [-0.3, -0.25) is 9.35 Å². The second kappa shape index (κ2) is 10.6. The highest BCUT2D eigenvalue weighted by molar-refractivity contribution is 7.85. The minimum Gasteiger partial charge on any atom is -0.505 e. The summed E-state index contributed by atoms with van der Waals surface area (Å²) in [6.07, 6.45) is 0.265. The summed E-state index contributed by atoms with van der Waals surface area (Å²) < 4.78 is 38.5. The molecular formula is C26H22ClN3O6S. The number of carbonyl (C=O) groups excluding carboxylic acids is 1. The van der Waals surface area contributed by atoms with Gasteiger partial charge in [-0.05, 0) is 47.7 Å². The molecular weight excluding hydrogens is 518 g/mol. The maximum absolute atomic E-state index is 13.1. The fraction of sp³-hybridized carbons (Fsp3) is 0.115. The number of carbonyl (C=O) groups is 1. The molecule has 4 aromatic rings. The zero-order chi connectivity index (χ0) is 26.7. The van der Waals surface area contributed by atoms with Crippen LogP contribution in [0.25, 0.3) is 10.8 Å². The molecule has 0 atom stereocenters. The summed E-state index contributed by atoms with van der Waals surface area (Å²) in [4.78, 5) is 12.7. The number of methoxy groups -OCH3 is 1. The second-order valence-electron chi connectivity index (χ2n) is 7.96. The van der Waals surface area contributed by atoms with Gasteiger partial charge in [0.1, 0.15) is 16.3 Å². The van der Waals surface area contributed by atoms with Crippen LogP contribution >= 0.6 is 11.6 Å². The number of phenols is 1. The van der Waals surface area contributed by atoms with E-state index in [4.69, 9.17) is 16.3 Å². The van der Waals surface area contributed by atoms with Gasteiger partial charge in [0.05, 0.1) is 18.4 Å². The van der Waals surface area contributed by atoms with E-state index in [0.29, 0.717) is 22.2 Å². The summed E-state index contributed by atoms with van der Waals surface area (Å²) >= 11 is 6.23. The van der Waals surface area contributed by atoms with Crippen molar-refractivity contribution in [3.63, 3.8) is 0 Å². The topological polar surface area (TPSA) is 138 Å². The van der Waals surface area contributed by atoms with Crippen LogP contribution in [0.2, 0.25) is 5.02 Å². The van der Waals surface area contributed by atoms with Crippen LogP contribution in [0.5, 0.6) is 11.5 Å². The predicted molar refractivity (Wildman–Crippen MR) is 141 cm³/mol. The van der Waals surface area contributed by atoms with Crippen LogP contribution in [0, 0.1) is 0 Å². The number of nitrogens with zero attached hydrogens (tertiary/aromatic N) is 2. The smallest absolute Gasteiger partial charge is 0.294 e. The third kappa shape index (κ3) is 5.56. The van der Waals surface area contributed by atoms with E-state index in [0.717, 1.165) is 6.07 Å². The van der Waals surface area contributed by atoms with Gasteiger partial charge in [-0.1, -0.05) is 48.9 Å². The van der Waals surface area contributed by atoms with E-state index in [2.05, 4.69) is 15.5 Å². The molecule has 11 heteroatoms. The number of rotatable bonds is 7. The Labute approximate surface area is 218 Å². The fourth-order valence-corrected chi connectivity index (χ4v) is 5.07. The van der Waals surface area contributed by atoms with Crippen molar-refractivity contribution in [1.82, 2.24) is 0 Å². The number of fused-ring (bicyclic) bond motifs is 1. The summed E-state index contributed by atoms with van der Waals surface area (Å²) in [5.74, 6) is -0.460. The molecule has 190 valence electrons. The van der Waals surface area contributed by atoms with Crippen molar-refractivity contribution in [3.05, 3.63) is 82.9 Å². The summed E-state index contributed by atoms with van der Waals surface area (Å²) in [5.41, 5.74) is 0.687. The van der Waals surface area contributed by atoms with Crippen molar-refractivity contribution >= 4 is 55.5 Å². The molecule has 0 aliphatic rings. The first-order valence-corrected chi connectivity index (χ1v) is 12.9. The second-order valence-corrected chi connectivity index (χ2v) is 9.76. The maximum atomic E-state index is 13.1. The van der Waals surface area contributed by atoms with Gasteiger partial charge in [0.2, 0.25) is 0 Å². The first kappa shape index (κ1) is 26.1. The SMILES string of the molecule is CCc1c(Cl)cc(N=Nc2c(O)c(C(=O)Nc3cccc(OC)c3)cc3ccccc23)cc1S(=O)(=O)O. The van der Waals surface area contributed by atoms with Gasteiger partial charge in [0, 0.05) is 22.2 Å². The van der Waals surface area contributed by atoms with Crippen LogP contribution < -0.4 is 10.1 Å². The van der Waals surface area contributed by atoms with Gasteiger partial charge in [0.25, 0.3) is 16.0 Å². The Balaban J connectivity index is 1.80. The van der Waals surface area contributed by atoms with Gasteiger partial charge in [-0.2, -0.15) is 13.5 Å². The molecule has 0 aliphatic heterocycles. The fourth-order valence-electron chi connectivity index (χ4n) is 3.83. The Hall–Kier alpha value is -3.99. The molecule has 0 unspecified atom stereocenters. The molecule has 0 fully saturated rings. The van der Waals surface area contributed by atoms with E-state index in [1.807, 2.05) is 0 Å². The highest BCUT2D eigenvalue weighted by atomic mass is 35.5. The van der Waals surface area contributed by atoms with Crippen molar-refractivity contribution < 1.29 is 27.6 Å². The lowest BCUT2D eigenvalue weighted by atomic mass is 10.0. The normalized spacial score (nSPS) is 11.7. The summed E-state index contributed by atoms with van der Waals surface area (Å²) in [6, 6.07) is 17.8. The van der Waals surface area contributed by atoms with Gasteiger partial charge in [-0.25, -0.2) is 0 Å². The monoisotopic (exact) mass is 539 g/mol. The number of halogens is 1. The third-order valence-corrected chi connectivity index (χ3v) is 6.86. The first-order valence-electron chi connectivity index (χ1n) is 11.0. The molecule has 9 nitrogen and oxygen atoms in total. The quantitative estimate of drug-likeness (QED) is 0.177. The van der Waals surface area contributed by atoms with Gasteiger partial charge in [0.15, 0.2) is 5.75 Å². The molecule has 4 rings (SSSR count). The molecule has 4 aromatic carbocycles. The van der Waals surface area contributed by atoms with Crippen LogP contribution in [0.15, 0.2) is 81.9 Å². The third-order valence-electron chi connectivity index (χ3n) is 5.60. The molecule has 0 radical (unpaired) electrons. The first-order chi connectivity index (χ1) is 17.6. The Bertz CT molecular complexity index is 1650. The highest BCUT2D eigenvalue weighted by Crippen LogP contribution is 2.40. The number of benzene rings is 4. The number of phenolic OH excluding ortho intramolecular Hbond substituents is 1. The van der Waals surface area contributed by atoms with Crippen LogP contribution in [0.1, 0.15) is 22.8 Å². The molecule has 0 aromatic heterocycles. The van der Waals surface area contributed by atoms with E-state index in [1.54, 1.807) is 55.5 Å². The number of amides is 1. The summed E-state index contributed by atoms with van der Waals surface area (Å²) in [5, 5.41) is 23.2. The molecule has 0 heterocycles. The average molecular weight is 540 g/mol. The Morgan fingerprint density at radius 2 is 1.81 bits per heavy atom. The van der Waals surface area contributed by atoms with E-state index in [-0.39, 0.29) is 38.8 Å². The molecule has 0 saturated heterocycles. The number of hydrogen-bond donors (Lipinski definition) is 3. The average Bonchev–Trinajstić information content (AvgIpc) is 2.87. The van der Waals surface area contributed by atoms with Gasteiger partial charge in [-0.15, -0.1) is 5.11 Å². The predicted octanol–water partition coefficient (Wildman–Crippen LogP) is 6.68. The van der Waals surface area contributed by atoms with Crippen LogP contribution in [0.3, 0.4) is 0 Å². The van der Waals surface area contributed by atoms with Crippen LogP contribution in [-0.2, 0) is 16.5 Å². The van der Waals surface area contributed by atoms with E-state index >= 15 is 0 Å². The Morgan fingerprint density at radius 1 is 1.05 bits per heavy atom. The highest BCUT2D eigenvalue weighted by Gasteiger charge is 2.20. The summed E-state index contributed by atoms with van der Waals surface area (Å²) in [7, 11) is -3.06. The molecule has 0 saturated carbocycles. The number of ether oxygens (including phenoxy) is 1. The Kier molecular flexibility index (Phi) is 7.44. The van der Waals surface area contributed by atoms with Crippen LogP contribution in [-0.4, -0.2) is 31.1 Å². The van der Waals surface area contributed by atoms with E-state index < -0.39 is 21.8 Å². The molecule has 3 N–H and O–H groups in total. The van der Waals surface area contributed by atoms with Crippen molar-refractivity contribution in [1.29, 1.82) is 0 Å². The van der Waals surface area contributed by atoms with Crippen molar-refractivity contribution in [2.75, 3.05) is 12.4 Å². The number of azo groups is 1. The molecule has 0 aliphatic carbocycles. The van der Waals surface area contributed by atoms with Crippen LogP contribution in [0.4, 0.5) is 17.1 Å². The lowest BCUT2D eigenvalue weighted by Crippen LogP contribution is -2.12. The Morgan fingerprint density at radius 3 is 2.51 bits per heavy atom. The number of nitrogens with one attached hydrogen (secondary N) is 1. The largest absolute Gasteiger partial charge is 0.505 e. The molecule has 1 amide bonds. The number of aromatic hydroxyl groups is 1. The maximum Gasteiger partial charge on any atom is 0.294 e. The van der Waals surface area contributed by atoms with Crippen molar-refractivity contribution in [3.8, 4) is 11.5 Å². The lowest BCUT2D eigenvalue weighted by molar-refractivity contribution is 0.102. The zero-order valence-corrected chi connectivity index (χ0v) is 21.3. The van der Waals surface area contributed by atoms with Crippen molar-refractivity contribution in [2.24, 2.45) is 10.2 Å². The molecule has 0 spiro atoms. The summed E-state index contributed by atoms with van der Waals surface area (Å²) in [6.45, 7) is 1.70. The molecule has 37 heavy (non-hydrogen) atoms. The van der Waals surface area contributed by atoms with E-state index in [9.17, 15) is 22.9 Å². The van der Waals surface area contributed by atoms with Gasteiger partial charge >= 0.3 is 0 Å². The number of hydrogen-bond acceptors (Lipinski definition) is 7. The van der Waals surface area contributed by atoms with Gasteiger partial charge < -0.3 is 15.2 Å². The zero-order valence-electron chi connectivity index (χ0n) is 19.8. The van der Waals surface area contributed by atoms with Crippen molar-refractivity contribution in [2.45, 2.75) is 18.2 Å².